The molecule has 0 aliphatic carbocycles. The fourth-order valence-electron chi connectivity index (χ4n) is 1.66. The summed E-state index contributed by atoms with van der Waals surface area (Å²) in [5.41, 5.74) is 3.30. The summed E-state index contributed by atoms with van der Waals surface area (Å²) in [6, 6.07) is 7.04. The first-order valence-electron chi connectivity index (χ1n) is 6.16. The van der Waals surface area contributed by atoms with E-state index in [1.807, 2.05) is 19.2 Å². The average Bonchev–Trinajstić information content (AvgIpc) is 2.80. The molecule has 1 aromatic carbocycles. The summed E-state index contributed by atoms with van der Waals surface area (Å²) in [6.45, 7) is 4.24. The molecule has 0 aliphatic rings. The summed E-state index contributed by atoms with van der Waals surface area (Å²) < 4.78 is 6.95. The Bertz CT molecular complexity index is 612. The summed E-state index contributed by atoms with van der Waals surface area (Å²) >= 11 is 1.41. The Morgan fingerprint density at radius 2 is 2.25 bits per heavy atom. The van der Waals surface area contributed by atoms with Crippen LogP contribution in [0.2, 0.25) is 0 Å². The van der Waals surface area contributed by atoms with Crippen LogP contribution in [0.25, 0.3) is 0 Å². The topological polar surface area (TPSA) is 69.0 Å². The molecule has 1 amide bonds. The van der Waals surface area contributed by atoms with Gasteiger partial charge < -0.3 is 4.74 Å². The van der Waals surface area contributed by atoms with Gasteiger partial charge in [-0.15, -0.1) is 10.2 Å². The fourth-order valence-corrected chi connectivity index (χ4v) is 2.15. The van der Waals surface area contributed by atoms with Crippen LogP contribution in [0.3, 0.4) is 0 Å². The number of thioether (sulfide) groups is 1. The van der Waals surface area contributed by atoms with Crippen LogP contribution in [0, 0.1) is 6.92 Å². The zero-order valence-corrected chi connectivity index (χ0v) is 12.4. The maximum absolute atomic E-state index is 12.2. The number of ether oxygens (including phenoxy) is 1. The van der Waals surface area contributed by atoms with E-state index >= 15 is 0 Å². The fraction of sp³-hybridized carbons (Fsp3) is 0.308. The molecule has 0 saturated carbocycles. The van der Waals surface area contributed by atoms with Gasteiger partial charge in [-0.2, -0.15) is 0 Å². The normalized spacial score (nSPS) is 10.3. The summed E-state index contributed by atoms with van der Waals surface area (Å²) in [5.74, 6) is 1.07. The van der Waals surface area contributed by atoms with Crippen LogP contribution in [-0.2, 0) is 0 Å². The maximum atomic E-state index is 12.2. The molecule has 0 bridgehead atoms. The first-order chi connectivity index (χ1) is 9.65. The van der Waals surface area contributed by atoms with Gasteiger partial charge in [-0.3, -0.25) is 10.2 Å². The minimum Gasteiger partial charge on any atom is -0.494 e. The van der Waals surface area contributed by atoms with E-state index in [2.05, 4.69) is 15.6 Å². The van der Waals surface area contributed by atoms with Crippen LogP contribution in [0.4, 0.5) is 0 Å². The molecule has 0 unspecified atom stereocenters. The predicted molar refractivity (Wildman–Crippen MR) is 77.8 cm³/mol. The molecule has 7 heteroatoms. The second kappa shape index (κ2) is 6.42. The lowest BCUT2D eigenvalue weighted by molar-refractivity contribution is 0.100. The highest BCUT2D eigenvalue weighted by Crippen LogP contribution is 2.15. The van der Waals surface area contributed by atoms with Gasteiger partial charge in [-0.1, -0.05) is 17.8 Å². The van der Waals surface area contributed by atoms with Crippen LogP contribution in [0.5, 0.6) is 5.75 Å². The molecule has 1 aromatic heterocycles. The number of benzene rings is 1. The molecule has 0 aliphatic heterocycles. The van der Waals surface area contributed by atoms with E-state index in [1.165, 1.54) is 11.8 Å². The third kappa shape index (κ3) is 3.11. The lowest BCUT2D eigenvalue weighted by Gasteiger charge is -2.10. The van der Waals surface area contributed by atoms with Gasteiger partial charge in [-0.05, 0) is 38.3 Å². The number of carbonyl (C=O) groups is 1. The lowest BCUT2D eigenvalue weighted by Crippen LogP contribution is -2.24. The van der Waals surface area contributed by atoms with Gasteiger partial charge in [0.15, 0.2) is 0 Å². The zero-order valence-electron chi connectivity index (χ0n) is 11.6. The van der Waals surface area contributed by atoms with E-state index in [0.717, 1.165) is 0 Å². The van der Waals surface area contributed by atoms with E-state index in [0.29, 0.717) is 28.9 Å². The summed E-state index contributed by atoms with van der Waals surface area (Å²) in [5, 5.41) is 8.53. The monoisotopic (exact) mass is 292 g/mol. The van der Waals surface area contributed by atoms with E-state index in [4.69, 9.17) is 4.74 Å². The highest BCUT2D eigenvalue weighted by molar-refractivity contribution is 7.98. The quantitative estimate of drug-likeness (QED) is 0.855. The standard InChI is InChI=1S/C13H16N4O2S/c1-4-19-11-7-5-6-10(8-11)12(18)16-17-9(2)14-15-13(17)20-3/h5-8H,4H2,1-3H3,(H,16,18). The molecule has 20 heavy (non-hydrogen) atoms. The molecule has 0 spiro atoms. The number of nitrogens with zero attached hydrogens (tertiary/aromatic N) is 3. The number of aromatic nitrogens is 3. The Kier molecular flexibility index (Phi) is 4.62. The molecule has 0 radical (unpaired) electrons. The van der Waals surface area contributed by atoms with Gasteiger partial charge >= 0.3 is 0 Å². The first-order valence-corrected chi connectivity index (χ1v) is 7.38. The third-order valence-corrected chi connectivity index (χ3v) is 3.23. The van der Waals surface area contributed by atoms with Crippen LogP contribution in [-0.4, -0.2) is 33.6 Å². The number of aryl methyl sites for hydroxylation is 1. The van der Waals surface area contributed by atoms with Gasteiger partial charge in [0.25, 0.3) is 5.91 Å². The van der Waals surface area contributed by atoms with Gasteiger partial charge in [0.1, 0.15) is 11.6 Å². The van der Waals surface area contributed by atoms with E-state index in [9.17, 15) is 4.79 Å². The first kappa shape index (κ1) is 14.4. The van der Waals surface area contributed by atoms with Gasteiger partial charge in [0.2, 0.25) is 5.16 Å². The maximum Gasteiger partial charge on any atom is 0.270 e. The Labute approximate surface area is 121 Å². The van der Waals surface area contributed by atoms with Crippen LogP contribution in [0.15, 0.2) is 29.4 Å². The largest absolute Gasteiger partial charge is 0.494 e. The summed E-state index contributed by atoms with van der Waals surface area (Å²) in [7, 11) is 0. The number of rotatable bonds is 5. The van der Waals surface area contributed by atoms with Crippen LogP contribution < -0.4 is 10.2 Å². The number of carbonyl (C=O) groups excluding carboxylic acids is 1. The molecule has 0 fully saturated rings. The molecular formula is C13H16N4O2S. The lowest BCUT2D eigenvalue weighted by atomic mass is 10.2. The molecule has 2 rings (SSSR count). The molecule has 6 nitrogen and oxygen atoms in total. The molecular weight excluding hydrogens is 276 g/mol. The number of amides is 1. The Morgan fingerprint density at radius 3 is 2.95 bits per heavy atom. The molecule has 0 saturated heterocycles. The molecule has 106 valence electrons. The number of hydrogen-bond acceptors (Lipinski definition) is 5. The smallest absolute Gasteiger partial charge is 0.270 e. The van der Waals surface area contributed by atoms with E-state index < -0.39 is 0 Å². The average molecular weight is 292 g/mol. The third-order valence-electron chi connectivity index (χ3n) is 2.60. The molecule has 2 aromatic rings. The van der Waals surface area contributed by atoms with Crippen molar-refractivity contribution in [1.29, 1.82) is 0 Å². The SMILES string of the molecule is CCOc1cccc(C(=O)Nn2c(C)nnc2SC)c1. The second-order valence-corrected chi connectivity index (χ2v) is 4.74. The van der Waals surface area contributed by atoms with E-state index in [1.54, 1.807) is 29.8 Å². The molecule has 1 heterocycles. The van der Waals surface area contributed by atoms with Crippen molar-refractivity contribution >= 4 is 17.7 Å². The van der Waals surface area contributed by atoms with Crippen molar-refractivity contribution in [3.05, 3.63) is 35.7 Å². The van der Waals surface area contributed by atoms with Crippen molar-refractivity contribution in [2.24, 2.45) is 0 Å². The van der Waals surface area contributed by atoms with Crippen molar-refractivity contribution < 1.29 is 9.53 Å². The van der Waals surface area contributed by atoms with Gasteiger partial charge in [0, 0.05) is 5.56 Å². The minimum atomic E-state index is -0.232. The highest BCUT2D eigenvalue weighted by atomic mass is 32.2. The predicted octanol–water partition coefficient (Wildman–Crippen LogP) is 2.09. The summed E-state index contributed by atoms with van der Waals surface area (Å²) in [4.78, 5) is 12.2. The highest BCUT2D eigenvalue weighted by Gasteiger charge is 2.12. The van der Waals surface area contributed by atoms with Crippen molar-refractivity contribution in [3.63, 3.8) is 0 Å². The van der Waals surface area contributed by atoms with Crippen LogP contribution >= 0.6 is 11.8 Å². The van der Waals surface area contributed by atoms with Gasteiger partial charge in [-0.25, -0.2) is 4.68 Å². The van der Waals surface area contributed by atoms with Crippen molar-refractivity contribution in [2.45, 2.75) is 19.0 Å². The Morgan fingerprint density at radius 1 is 1.45 bits per heavy atom. The minimum absolute atomic E-state index is 0.232. The Hall–Kier alpha value is -2.02. The van der Waals surface area contributed by atoms with Crippen molar-refractivity contribution in [2.75, 3.05) is 18.3 Å². The summed E-state index contributed by atoms with van der Waals surface area (Å²) in [6.07, 6.45) is 1.88. The molecule has 0 atom stereocenters. The number of hydrogen-bond donors (Lipinski definition) is 1. The second-order valence-electron chi connectivity index (χ2n) is 3.97. The van der Waals surface area contributed by atoms with Crippen LogP contribution in [0.1, 0.15) is 23.1 Å². The molecule has 1 N–H and O–H groups in total. The van der Waals surface area contributed by atoms with Crippen molar-refractivity contribution in [3.8, 4) is 5.75 Å². The number of nitrogens with one attached hydrogen (secondary N) is 1. The zero-order chi connectivity index (χ0) is 14.5. The Balaban J connectivity index is 2.19. The van der Waals surface area contributed by atoms with Crippen molar-refractivity contribution in [1.82, 2.24) is 14.9 Å². The van der Waals surface area contributed by atoms with E-state index in [-0.39, 0.29) is 5.91 Å². The van der Waals surface area contributed by atoms with Gasteiger partial charge in [0.05, 0.1) is 6.61 Å².